The lowest BCUT2D eigenvalue weighted by atomic mass is 9.95. The molecular formula is C32H35N9O3S. The van der Waals surface area contributed by atoms with Crippen LogP contribution in [0.2, 0.25) is 0 Å². The molecule has 2 aliphatic rings. The van der Waals surface area contributed by atoms with Crippen LogP contribution in [-0.4, -0.2) is 84.1 Å². The molecule has 0 aliphatic carbocycles. The van der Waals surface area contributed by atoms with Gasteiger partial charge in [-0.2, -0.15) is 4.98 Å². The molecule has 5 aromatic rings. The van der Waals surface area contributed by atoms with Gasteiger partial charge < -0.3 is 24.4 Å². The Bertz CT molecular complexity index is 1900. The van der Waals surface area contributed by atoms with E-state index in [1.807, 2.05) is 52.4 Å². The summed E-state index contributed by atoms with van der Waals surface area (Å²) in [5.74, 6) is 1.92. The molecule has 12 nitrogen and oxygen atoms in total. The predicted molar refractivity (Wildman–Crippen MR) is 173 cm³/mol. The number of imidazole rings is 1. The van der Waals surface area contributed by atoms with Crippen LogP contribution in [-0.2, 0) is 11.8 Å². The van der Waals surface area contributed by atoms with E-state index in [0.717, 1.165) is 56.0 Å². The van der Waals surface area contributed by atoms with Gasteiger partial charge >= 0.3 is 0 Å². The zero-order chi connectivity index (χ0) is 31.1. The van der Waals surface area contributed by atoms with E-state index < -0.39 is 0 Å². The minimum atomic E-state index is -0.268. The van der Waals surface area contributed by atoms with Crippen molar-refractivity contribution in [2.45, 2.75) is 38.2 Å². The van der Waals surface area contributed by atoms with Gasteiger partial charge in [0.25, 0.3) is 5.56 Å². The highest BCUT2D eigenvalue weighted by Gasteiger charge is 2.27. The number of benzene rings is 1. The van der Waals surface area contributed by atoms with Crippen molar-refractivity contribution < 1.29 is 9.53 Å². The van der Waals surface area contributed by atoms with Crippen LogP contribution in [0.5, 0.6) is 5.75 Å². The monoisotopic (exact) mass is 625 g/mol. The number of carbonyl (C=O) groups is 1. The molecule has 0 spiro atoms. The highest BCUT2D eigenvalue weighted by molar-refractivity contribution is 7.12. The third-order valence-corrected chi connectivity index (χ3v) is 9.29. The van der Waals surface area contributed by atoms with Gasteiger partial charge in [0.2, 0.25) is 11.9 Å². The number of amides is 1. The number of likely N-dealkylation sites (tertiary alicyclic amines) is 2. The number of aromatic nitrogens is 6. The first-order valence-electron chi connectivity index (χ1n) is 15.2. The first-order chi connectivity index (χ1) is 21.8. The van der Waals surface area contributed by atoms with Crippen molar-refractivity contribution in [3.63, 3.8) is 0 Å². The van der Waals surface area contributed by atoms with E-state index in [9.17, 15) is 9.59 Å². The van der Waals surface area contributed by atoms with Gasteiger partial charge in [-0.05, 0) is 56.6 Å². The number of pyridine rings is 1. The molecule has 13 heteroatoms. The number of thiazole rings is 1. The summed E-state index contributed by atoms with van der Waals surface area (Å²) in [6.07, 6.45) is 8.43. The highest BCUT2D eigenvalue weighted by Crippen LogP contribution is 2.30. The SMILES string of the molecule is CC(=O)N1CCCC(c2cn(C)c(-c3cc4cnc(Nc5ccc(OC6CCN(C)C6)cc5)nc4n(-c4nccs4)c3=O)n2)C1. The fraction of sp³-hybridized carbons (Fsp3) is 0.375. The molecule has 2 atom stereocenters. The fourth-order valence-corrected chi connectivity index (χ4v) is 6.83. The topological polar surface area (TPSA) is 123 Å². The van der Waals surface area contributed by atoms with E-state index >= 15 is 0 Å². The van der Waals surface area contributed by atoms with Crippen LogP contribution in [0.25, 0.3) is 27.6 Å². The number of nitrogens with one attached hydrogen (secondary N) is 1. The van der Waals surface area contributed by atoms with E-state index in [-0.39, 0.29) is 23.5 Å². The molecule has 1 amide bonds. The molecule has 2 unspecified atom stereocenters. The molecule has 1 aromatic carbocycles. The third-order valence-electron chi connectivity index (χ3n) is 8.53. The zero-order valence-corrected chi connectivity index (χ0v) is 26.3. The van der Waals surface area contributed by atoms with Crippen LogP contribution in [0.15, 0.2) is 59.1 Å². The number of aryl methyl sites for hydroxylation is 1. The summed E-state index contributed by atoms with van der Waals surface area (Å²) in [6, 6.07) is 9.53. The second-order valence-corrected chi connectivity index (χ2v) is 12.7. The summed E-state index contributed by atoms with van der Waals surface area (Å²) in [5.41, 5.74) is 2.29. The summed E-state index contributed by atoms with van der Waals surface area (Å²) in [7, 11) is 3.99. The fourth-order valence-electron chi connectivity index (χ4n) is 6.19. The number of fused-ring (bicyclic) bond motifs is 1. The van der Waals surface area contributed by atoms with Crippen LogP contribution >= 0.6 is 11.3 Å². The van der Waals surface area contributed by atoms with Crippen LogP contribution in [0.3, 0.4) is 0 Å². The molecule has 4 aromatic heterocycles. The number of piperidine rings is 1. The number of hydrogen-bond acceptors (Lipinski definition) is 10. The number of carbonyl (C=O) groups excluding carboxylic acids is 1. The largest absolute Gasteiger partial charge is 0.489 e. The minimum absolute atomic E-state index is 0.0733. The maximum atomic E-state index is 14.2. The Balaban J connectivity index is 1.20. The molecule has 0 bridgehead atoms. The van der Waals surface area contributed by atoms with E-state index in [0.29, 0.717) is 40.0 Å². The van der Waals surface area contributed by atoms with Crippen molar-refractivity contribution in [3.05, 3.63) is 70.4 Å². The zero-order valence-electron chi connectivity index (χ0n) is 25.5. The average molecular weight is 626 g/mol. The number of rotatable bonds is 7. The lowest BCUT2D eigenvalue weighted by Crippen LogP contribution is -2.37. The number of likely N-dealkylation sites (N-methyl/N-ethyl adjacent to an activating group) is 1. The van der Waals surface area contributed by atoms with Crippen LogP contribution < -0.4 is 15.6 Å². The molecule has 2 aliphatic heterocycles. The standard InChI is InChI=1S/C32H35N9O3S/c1-20(42)40-12-4-5-21(17-40)27-19-39(3)29(36-27)26-15-22-16-34-31(37-28(22)41(30(26)43)32-33-11-14-45-32)35-23-6-8-24(9-7-23)44-25-10-13-38(2)18-25/h6-9,11,14-16,19,21,25H,4-5,10,12-13,17-18H2,1-3H3,(H,34,35,37). The lowest BCUT2D eigenvalue weighted by molar-refractivity contribution is -0.130. The first kappa shape index (κ1) is 29.1. The minimum Gasteiger partial charge on any atom is -0.489 e. The lowest BCUT2D eigenvalue weighted by Gasteiger charge is -2.31. The summed E-state index contributed by atoms with van der Waals surface area (Å²) in [5, 5.41) is 6.28. The van der Waals surface area contributed by atoms with Gasteiger partial charge in [-0.25, -0.2) is 19.5 Å². The van der Waals surface area contributed by atoms with E-state index in [1.54, 1.807) is 25.4 Å². The van der Waals surface area contributed by atoms with Crippen molar-refractivity contribution in [2.75, 3.05) is 38.5 Å². The second-order valence-electron chi connectivity index (χ2n) is 11.8. The molecule has 45 heavy (non-hydrogen) atoms. The summed E-state index contributed by atoms with van der Waals surface area (Å²) in [4.78, 5) is 49.0. The molecule has 232 valence electrons. The van der Waals surface area contributed by atoms with Gasteiger partial charge in [0.05, 0.1) is 11.3 Å². The Labute approximate surface area is 264 Å². The van der Waals surface area contributed by atoms with Gasteiger partial charge in [-0.1, -0.05) is 0 Å². The Morgan fingerprint density at radius 3 is 2.64 bits per heavy atom. The first-order valence-corrected chi connectivity index (χ1v) is 16.0. The summed E-state index contributed by atoms with van der Waals surface area (Å²) in [6.45, 7) is 4.97. The summed E-state index contributed by atoms with van der Waals surface area (Å²) < 4.78 is 9.53. The molecule has 7 rings (SSSR count). The Hall–Kier alpha value is -4.62. The summed E-state index contributed by atoms with van der Waals surface area (Å²) >= 11 is 1.36. The normalized spacial score (nSPS) is 18.9. The Morgan fingerprint density at radius 2 is 1.91 bits per heavy atom. The van der Waals surface area contributed by atoms with Gasteiger partial charge in [-0.15, -0.1) is 11.3 Å². The smallest absolute Gasteiger partial charge is 0.269 e. The Morgan fingerprint density at radius 1 is 1.07 bits per heavy atom. The van der Waals surface area contributed by atoms with Crippen molar-refractivity contribution in [1.82, 2.24) is 38.9 Å². The quantitative estimate of drug-likeness (QED) is 0.284. The molecule has 0 saturated carbocycles. The van der Waals surface area contributed by atoms with E-state index in [1.165, 1.54) is 15.9 Å². The van der Waals surface area contributed by atoms with Gasteiger partial charge in [0, 0.05) is 81.1 Å². The van der Waals surface area contributed by atoms with Crippen molar-refractivity contribution >= 4 is 39.9 Å². The highest BCUT2D eigenvalue weighted by atomic mass is 32.1. The van der Waals surface area contributed by atoms with E-state index in [4.69, 9.17) is 14.7 Å². The molecule has 0 radical (unpaired) electrons. The third kappa shape index (κ3) is 5.92. The van der Waals surface area contributed by atoms with Crippen LogP contribution in [0.4, 0.5) is 11.6 Å². The van der Waals surface area contributed by atoms with Crippen LogP contribution in [0, 0.1) is 0 Å². The number of ether oxygens (including phenoxy) is 1. The average Bonchev–Trinajstić information content (AvgIpc) is 3.80. The van der Waals surface area contributed by atoms with Crippen molar-refractivity contribution in [2.24, 2.45) is 7.05 Å². The van der Waals surface area contributed by atoms with Gasteiger partial charge in [0.15, 0.2) is 10.8 Å². The van der Waals surface area contributed by atoms with Gasteiger partial charge in [0.1, 0.15) is 17.7 Å². The number of hydrogen-bond donors (Lipinski definition) is 1. The molecule has 6 heterocycles. The van der Waals surface area contributed by atoms with E-state index in [2.05, 4.69) is 27.2 Å². The maximum Gasteiger partial charge on any atom is 0.269 e. The number of nitrogens with zero attached hydrogens (tertiary/aromatic N) is 8. The predicted octanol–water partition coefficient (Wildman–Crippen LogP) is 4.19. The second kappa shape index (κ2) is 12.1. The van der Waals surface area contributed by atoms with Gasteiger partial charge in [-0.3, -0.25) is 9.59 Å². The number of anilines is 2. The Kier molecular flexibility index (Phi) is 7.80. The molecule has 2 saturated heterocycles. The van der Waals surface area contributed by atoms with Crippen LogP contribution in [0.1, 0.15) is 37.8 Å². The molecule has 2 fully saturated rings. The molecule has 1 N–H and O–H groups in total. The molecular weight excluding hydrogens is 590 g/mol. The maximum absolute atomic E-state index is 14.2. The van der Waals surface area contributed by atoms with Crippen molar-refractivity contribution in [3.8, 4) is 22.3 Å². The van der Waals surface area contributed by atoms with Crippen molar-refractivity contribution in [1.29, 1.82) is 0 Å².